The van der Waals surface area contributed by atoms with Crippen molar-refractivity contribution in [1.82, 2.24) is 9.62 Å². The monoisotopic (exact) mass is 380 g/mol. The minimum Gasteiger partial charge on any atom is -0.495 e. The first-order chi connectivity index (χ1) is 12.3. The topological polar surface area (TPSA) is 75.7 Å². The van der Waals surface area contributed by atoms with E-state index in [1.54, 1.807) is 12.1 Å². The van der Waals surface area contributed by atoms with Crippen LogP contribution in [0.5, 0.6) is 5.75 Å². The Kier molecular flexibility index (Phi) is 5.58. The van der Waals surface area contributed by atoms with Crippen LogP contribution >= 0.6 is 0 Å². The first-order valence-corrected chi connectivity index (χ1v) is 10.7. The lowest BCUT2D eigenvalue weighted by Crippen LogP contribution is -2.42. The van der Waals surface area contributed by atoms with Crippen molar-refractivity contribution in [2.45, 2.75) is 38.0 Å². The Morgan fingerprint density at radius 2 is 1.88 bits per heavy atom. The Morgan fingerprint density at radius 1 is 1.23 bits per heavy atom. The average molecular weight is 381 g/mol. The van der Waals surface area contributed by atoms with Crippen molar-refractivity contribution in [2.24, 2.45) is 17.8 Å². The molecule has 2 atom stereocenters. The number of hydrogen-bond donors (Lipinski definition) is 1. The molecule has 1 aromatic carbocycles. The predicted octanol–water partition coefficient (Wildman–Crippen LogP) is 2.50. The van der Waals surface area contributed by atoms with E-state index in [-0.39, 0.29) is 16.6 Å². The van der Waals surface area contributed by atoms with Crippen molar-refractivity contribution in [2.75, 3.05) is 26.7 Å². The van der Waals surface area contributed by atoms with Crippen molar-refractivity contribution in [3.8, 4) is 5.75 Å². The van der Waals surface area contributed by atoms with Crippen LogP contribution in [0.2, 0.25) is 0 Å². The second-order valence-electron chi connectivity index (χ2n) is 7.79. The lowest BCUT2D eigenvalue weighted by Gasteiger charge is -2.34. The van der Waals surface area contributed by atoms with Crippen LogP contribution in [0.3, 0.4) is 0 Å². The molecule has 1 heterocycles. The zero-order valence-electron chi connectivity index (χ0n) is 15.7. The Bertz CT molecular complexity index is 764. The van der Waals surface area contributed by atoms with Crippen molar-refractivity contribution in [3.05, 3.63) is 23.8 Å². The second-order valence-corrected chi connectivity index (χ2v) is 9.69. The molecule has 26 heavy (non-hydrogen) atoms. The summed E-state index contributed by atoms with van der Waals surface area (Å²) in [5, 5.41) is 2.88. The number of nitrogens with one attached hydrogen (secondary N) is 1. The van der Waals surface area contributed by atoms with Crippen LogP contribution in [0.4, 0.5) is 0 Å². The molecular weight excluding hydrogens is 352 g/mol. The summed E-state index contributed by atoms with van der Waals surface area (Å²) < 4.78 is 33.3. The summed E-state index contributed by atoms with van der Waals surface area (Å²) in [6, 6.07) is 4.62. The molecule has 6 nitrogen and oxygen atoms in total. The van der Waals surface area contributed by atoms with E-state index in [4.69, 9.17) is 4.74 Å². The fraction of sp³-hybridized carbons (Fsp3) is 0.632. The first kappa shape index (κ1) is 19.2. The lowest BCUT2D eigenvalue weighted by atomic mass is 9.94. The maximum Gasteiger partial charge on any atom is 0.251 e. The van der Waals surface area contributed by atoms with Crippen molar-refractivity contribution in [1.29, 1.82) is 0 Å². The number of ether oxygens (including phenoxy) is 1. The highest BCUT2D eigenvalue weighted by atomic mass is 32.2. The van der Waals surface area contributed by atoms with Crippen molar-refractivity contribution < 1.29 is 17.9 Å². The van der Waals surface area contributed by atoms with Gasteiger partial charge in [0.2, 0.25) is 10.0 Å². The van der Waals surface area contributed by atoms with E-state index in [1.807, 2.05) is 0 Å². The molecule has 1 aliphatic carbocycles. The molecule has 0 aromatic heterocycles. The molecule has 0 bridgehead atoms. The van der Waals surface area contributed by atoms with Gasteiger partial charge in [0.1, 0.15) is 10.6 Å². The van der Waals surface area contributed by atoms with Gasteiger partial charge in [-0.1, -0.05) is 13.8 Å². The summed E-state index contributed by atoms with van der Waals surface area (Å²) in [6.45, 7) is 5.77. The number of rotatable bonds is 6. The van der Waals surface area contributed by atoms with Gasteiger partial charge in [-0.05, 0) is 55.2 Å². The Morgan fingerprint density at radius 3 is 2.46 bits per heavy atom. The van der Waals surface area contributed by atoms with E-state index in [0.29, 0.717) is 43.0 Å². The maximum atomic E-state index is 13.2. The zero-order valence-corrected chi connectivity index (χ0v) is 16.5. The van der Waals surface area contributed by atoms with Crippen LogP contribution in [-0.4, -0.2) is 45.4 Å². The van der Waals surface area contributed by atoms with Crippen LogP contribution < -0.4 is 10.1 Å². The molecule has 1 amide bonds. The normalized spacial score (nSPS) is 24.3. The molecule has 1 saturated heterocycles. The molecule has 3 rings (SSSR count). The SMILES string of the molecule is COc1ccc(C(=O)NCC2CC2)cc1S(=O)(=O)N1CC(C)CC(C)C1. The van der Waals surface area contributed by atoms with Crippen molar-refractivity contribution in [3.63, 3.8) is 0 Å². The quantitative estimate of drug-likeness (QED) is 0.823. The molecule has 1 N–H and O–H groups in total. The molecule has 1 saturated carbocycles. The van der Waals surface area contributed by atoms with Gasteiger partial charge in [0.25, 0.3) is 5.91 Å². The van der Waals surface area contributed by atoms with Gasteiger partial charge in [-0.25, -0.2) is 8.42 Å². The molecule has 0 radical (unpaired) electrons. The smallest absolute Gasteiger partial charge is 0.251 e. The number of hydrogen-bond acceptors (Lipinski definition) is 4. The minimum atomic E-state index is -3.72. The van der Waals surface area contributed by atoms with Gasteiger partial charge in [-0.3, -0.25) is 4.79 Å². The molecule has 1 aliphatic heterocycles. The summed E-state index contributed by atoms with van der Waals surface area (Å²) >= 11 is 0. The van der Waals surface area contributed by atoms with Crippen LogP contribution in [0.1, 0.15) is 43.5 Å². The van der Waals surface area contributed by atoms with E-state index in [0.717, 1.165) is 19.3 Å². The Hall–Kier alpha value is -1.60. The third-order valence-corrected chi connectivity index (χ3v) is 6.98. The summed E-state index contributed by atoms with van der Waals surface area (Å²) in [4.78, 5) is 12.4. The van der Waals surface area contributed by atoms with Gasteiger partial charge >= 0.3 is 0 Å². The van der Waals surface area contributed by atoms with Gasteiger partial charge in [0, 0.05) is 25.2 Å². The number of carbonyl (C=O) groups excluding carboxylic acids is 1. The predicted molar refractivity (Wildman–Crippen MR) is 99.8 cm³/mol. The lowest BCUT2D eigenvalue weighted by molar-refractivity contribution is 0.0951. The number of carbonyl (C=O) groups is 1. The van der Waals surface area contributed by atoms with Gasteiger partial charge in [-0.15, -0.1) is 0 Å². The first-order valence-electron chi connectivity index (χ1n) is 9.27. The highest BCUT2D eigenvalue weighted by molar-refractivity contribution is 7.89. The van der Waals surface area contributed by atoms with E-state index in [1.165, 1.54) is 17.5 Å². The van der Waals surface area contributed by atoms with Crippen LogP contribution in [-0.2, 0) is 10.0 Å². The van der Waals surface area contributed by atoms with Crippen LogP contribution in [0, 0.1) is 17.8 Å². The number of amides is 1. The van der Waals surface area contributed by atoms with Gasteiger partial charge in [0.15, 0.2) is 0 Å². The second kappa shape index (κ2) is 7.56. The van der Waals surface area contributed by atoms with E-state index >= 15 is 0 Å². The Labute approximate surface area is 156 Å². The number of nitrogens with zero attached hydrogens (tertiary/aromatic N) is 1. The summed E-state index contributed by atoms with van der Waals surface area (Å²) in [5.41, 5.74) is 0.350. The molecule has 0 spiro atoms. The van der Waals surface area contributed by atoms with E-state index in [9.17, 15) is 13.2 Å². The minimum absolute atomic E-state index is 0.0698. The zero-order chi connectivity index (χ0) is 18.9. The van der Waals surface area contributed by atoms with Gasteiger partial charge in [0.05, 0.1) is 7.11 Å². The molecule has 2 unspecified atom stereocenters. The fourth-order valence-electron chi connectivity index (χ4n) is 3.62. The molecule has 7 heteroatoms. The molecule has 1 aromatic rings. The molecule has 2 aliphatic rings. The highest BCUT2D eigenvalue weighted by Gasteiger charge is 2.34. The van der Waals surface area contributed by atoms with Crippen LogP contribution in [0.25, 0.3) is 0 Å². The van der Waals surface area contributed by atoms with Crippen molar-refractivity contribution >= 4 is 15.9 Å². The standard InChI is InChI=1S/C19H28N2O4S/c1-13-8-14(2)12-21(11-13)26(23,24)18-9-16(6-7-17(18)25-3)19(22)20-10-15-4-5-15/h6-7,9,13-15H,4-5,8,10-12H2,1-3H3,(H,20,22). The van der Waals surface area contributed by atoms with E-state index in [2.05, 4.69) is 19.2 Å². The van der Waals surface area contributed by atoms with Gasteiger partial charge < -0.3 is 10.1 Å². The number of sulfonamides is 1. The third-order valence-electron chi connectivity index (χ3n) is 5.13. The third kappa shape index (κ3) is 4.20. The summed E-state index contributed by atoms with van der Waals surface area (Å²) in [5.74, 6) is 1.22. The van der Waals surface area contributed by atoms with Crippen LogP contribution in [0.15, 0.2) is 23.1 Å². The number of methoxy groups -OCH3 is 1. The summed E-state index contributed by atoms with van der Waals surface area (Å²) in [7, 11) is -2.27. The van der Waals surface area contributed by atoms with E-state index < -0.39 is 10.0 Å². The number of piperidine rings is 1. The average Bonchev–Trinajstić information content (AvgIpc) is 3.42. The Balaban J connectivity index is 1.88. The largest absolute Gasteiger partial charge is 0.495 e. The maximum absolute atomic E-state index is 13.2. The highest BCUT2D eigenvalue weighted by Crippen LogP contribution is 2.32. The molecule has 2 fully saturated rings. The number of benzene rings is 1. The van der Waals surface area contributed by atoms with Gasteiger partial charge in [-0.2, -0.15) is 4.31 Å². The molecule has 144 valence electrons. The fourth-order valence-corrected chi connectivity index (χ4v) is 5.48. The molecular formula is C19H28N2O4S. The summed E-state index contributed by atoms with van der Waals surface area (Å²) in [6.07, 6.45) is 3.31.